The molecule has 0 radical (unpaired) electrons. The van der Waals surface area contributed by atoms with Gasteiger partial charge in [-0.1, -0.05) is 0 Å². The van der Waals surface area contributed by atoms with Gasteiger partial charge in [0.2, 0.25) is 0 Å². The monoisotopic (exact) mass is 252 g/mol. The summed E-state index contributed by atoms with van der Waals surface area (Å²) in [6.45, 7) is 0. The molecule has 1 rings (SSSR count). The summed E-state index contributed by atoms with van der Waals surface area (Å²) < 4.78 is 0.958. The maximum Gasteiger partial charge on any atom is 0.252 e. The van der Waals surface area contributed by atoms with Crippen LogP contribution in [0.5, 0.6) is 0 Å². The van der Waals surface area contributed by atoms with E-state index in [9.17, 15) is 4.79 Å². The van der Waals surface area contributed by atoms with Crippen LogP contribution < -0.4 is 5.56 Å². The molecular formula is C4H2Br2N2O. The topological polar surface area (TPSA) is 45.8 Å². The molecule has 0 unspecified atom stereocenters. The summed E-state index contributed by atoms with van der Waals surface area (Å²) in [5, 5.41) is 0. The van der Waals surface area contributed by atoms with Gasteiger partial charge in [0, 0.05) is 6.07 Å². The van der Waals surface area contributed by atoms with E-state index in [0.717, 1.165) is 0 Å². The Kier molecular flexibility index (Phi) is 2.02. The molecule has 0 fully saturated rings. The van der Waals surface area contributed by atoms with Crippen LogP contribution in [0.15, 0.2) is 20.2 Å². The molecule has 1 heterocycles. The summed E-state index contributed by atoms with van der Waals surface area (Å²) in [6, 6.07) is 1.35. The zero-order valence-electron chi connectivity index (χ0n) is 4.19. The molecule has 9 heavy (non-hydrogen) atoms. The van der Waals surface area contributed by atoms with Crippen molar-refractivity contribution in [1.82, 2.24) is 9.97 Å². The maximum atomic E-state index is 10.6. The first kappa shape index (κ1) is 6.95. The summed E-state index contributed by atoms with van der Waals surface area (Å²) >= 11 is 6.07. The number of nitrogens with one attached hydrogen (secondary N) is 1. The van der Waals surface area contributed by atoms with E-state index in [1.807, 2.05) is 0 Å². The van der Waals surface area contributed by atoms with Gasteiger partial charge in [0.25, 0.3) is 5.56 Å². The van der Waals surface area contributed by atoms with Gasteiger partial charge in [-0.25, -0.2) is 4.98 Å². The first-order valence-corrected chi connectivity index (χ1v) is 3.69. The Morgan fingerprint density at radius 2 is 2.22 bits per heavy atom. The summed E-state index contributed by atoms with van der Waals surface area (Å²) in [5.74, 6) is 0. The van der Waals surface area contributed by atoms with Crippen LogP contribution in [-0.4, -0.2) is 9.97 Å². The molecular weight excluding hydrogens is 252 g/mol. The van der Waals surface area contributed by atoms with Crippen molar-refractivity contribution in [2.45, 2.75) is 0 Å². The van der Waals surface area contributed by atoms with Crippen molar-refractivity contribution in [2.24, 2.45) is 0 Å². The van der Waals surface area contributed by atoms with Crippen molar-refractivity contribution in [3.8, 4) is 0 Å². The van der Waals surface area contributed by atoms with Gasteiger partial charge >= 0.3 is 0 Å². The smallest absolute Gasteiger partial charge is 0.252 e. The lowest BCUT2D eigenvalue weighted by atomic mass is 10.7. The van der Waals surface area contributed by atoms with Crippen LogP contribution in [0.2, 0.25) is 0 Å². The van der Waals surface area contributed by atoms with Gasteiger partial charge in [0.1, 0.15) is 4.60 Å². The largest absolute Gasteiger partial charge is 0.301 e. The first-order chi connectivity index (χ1) is 4.18. The third-order valence-corrected chi connectivity index (χ3v) is 1.46. The van der Waals surface area contributed by atoms with Crippen LogP contribution in [0.1, 0.15) is 0 Å². The average molecular weight is 254 g/mol. The van der Waals surface area contributed by atoms with Crippen LogP contribution in [0.25, 0.3) is 0 Å². The molecule has 1 N–H and O–H groups in total. The number of nitrogens with zero attached hydrogens (tertiary/aromatic N) is 1. The molecule has 0 bridgehead atoms. The van der Waals surface area contributed by atoms with E-state index in [2.05, 4.69) is 41.8 Å². The highest BCUT2D eigenvalue weighted by atomic mass is 79.9. The second kappa shape index (κ2) is 2.62. The molecule has 0 saturated carbocycles. The fourth-order valence-electron chi connectivity index (χ4n) is 0.400. The lowest BCUT2D eigenvalue weighted by Crippen LogP contribution is -2.04. The molecule has 5 heteroatoms. The zero-order chi connectivity index (χ0) is 6.85. The quantitative estimate of drug-likeness (QED) is 0.560. The average Bonchev–Trinajstić information content (AvgIpc) is 1.59. The highest BCUT2D eigenvalue weighted by Gasteiger charge is 1.91. The number of aromatic nitrogens is 2. The van der Waals surface area contributed by atoms with Gasteiger partial charge in [0.15, 0.2) is 4.73 Å². The van der Waals surface area contributed by atoms with Crippen LogP contribution in [0.3, 0.4) is 0 Å². The third kappa shape index (κ3) is 1.91. The highest BCUT2D eigenvalue weighted by molar-refractivity contribution is 9.11. The van der Waals surface area contributed by atoms with Crippen LogP contribution in [0, 0.1) is 0 Å². The molecule has 0 atom stereocenters. The fourth-order valence-corrected chi connectivity index (χ4v) is 1.41. The first-order valence-electron chi connectivity index (χ1n) is 2.11. The Morgan fingerprint density at radius 1 is 1.56 bits per heavy atom. The molecule has 1 aromatic heterocycles. The van der Waals surface area contributed by atoms with Crippen LogP contribution >= 0.6 is 31.9 Å². The summed E-state index contributed by atoms with van der Waals surface area (Å²) in [5.41, 5.74) is -0.177. The number of rotatable bonds is 0. The molecule has 0 aliphatic heterocycles. The SMILES string of the molecule is O=c1cc(Br)nc(Br)[nH]1. The predicted octanol–water partition coefficient (Wildman–Crippen LogP) is 1.29. The second-order valence-corrected chi connectivity index (χ2v) is 2.92. The zero-order valence-corrected chi connectivity index (χ0v) is 7.36. The lowest BCUT2D eigenvalue weighted by molar-refractivity contribution is 1.05. The van der Waals surface area contributed by atoms with E-state index in [4.69, 9.17) is 0 Å². The van der Waals surface area contributed by atoms with E-state index >= 15 is 0 Å². The van der Waals surface area contributed by atoms with Crippen molar-refractivity contribution in [2.75, 3.05) is 0 Å². The number of hydrogen-bond acceptors (Lipinski definition) is 2. The lowest BCUT2D eigenvalue weighted by Gasteiger charge is -1.87. The summed E-state index contributed by atoms with van der Waals surface area (Å²) in [4.78, 5) is 16.8. The number of H-pyrrole nitrogens is 1. The molecule has 48 valence electrons. The van der Waals surface area contributed by atoms with E-state index in [1.54, 1.807) is 0 Å². The van der Waals surface area contributed by atoms with Crippen molar-refractivity contribution in [3.63, 3.8) is 0 Å². The molecule has 0 saturated heterocycles. The van der Waals surface area contributed by atoms with Gasteiger partial charge in [-0.3, -0.25) is 4.79 Å². The Morgan fingerprint density at radius 3 is 2.67 bits per heavy atom. The fraction of sp³-hybridized carbons (Fsp3) is 0. The van der Waals surface area contributed by atoms with Crippen molar-refractivity contribution >= 4 is 31.9 Å². The Bertz CT molecular complexity index is 246. The molecule has 1 aromatic rings. The van der Waals surface area contributed by atoms with E-state index in [0.29, 0.717) is 9.34 Å². The predicted molar refractivity (Wildman–Crippen MR) is 40.3 cm³/mol. The summed E-state index contributed by atoms with van der Waals surface area (Å²) in [7, 11) is 0. The molecule has 0 aromatic carbocycles. The minimum absolute atomic E-state index is 0.177. The Labute approximate surface area is 67.8 Å². The van der Waals surface area contributed by atoms with Crippen LogP contribution in [0.4, 0.5) is 0 Å². The molecule has 0 aliphatic rings. The third-order valence-electron chi connectivity index (χ3n) is 0.682. The Balaban J connectivity index is 3.33. The Hall–Kier alpha value is -0.160. The van der Waals surface area contributed by atoms with Gasteiger partial charge in [-0.05, 0) is 31.9 Å². The minimum atomic E-state index is -0.177. The van der Waals surface area contributed by atoms with Crippen molar-refractivity contribution in [3.05, 3.63) is 25.8 Å². The highest BCUT2D eigenvalue weighted by Crippen LogP contribution is 2.04. The molecule has 0 aliphatic carbocycles. The van der Waals surface area contributed by atoms with E-state index in [1.165, 1.54) is 6.07 Å². The number of hydrogen-bond donors (Lipinski definition) is 1. The maximum absolute atomic E-state index is 10.6. The molecule has 3 nitrogen and oxygen atoms in total. The number of halogens is 2. The standard InChI is InChI=1S/C4H2Br2N2O/c5-2-1-3(9)8-4(6)7-2/h1H,(H,7,8,9). The van der Waals surface area contributed by atoms with Gasteiger partial charge < -0.3 is 4.98 Å². The van der Waals surface area contributed by atoms with E-state index < -0.39 is 0 Å². The van der Waals surface area contributed by atoms with Crippen molar-refractivity contribution in [1.29, 1.82) is 0 Å². The normalized spacial score (nSPS) is 9.56. The van der Waals surface area contributed by atoms with Crippen LogP contribution in [-0.2, 0) is 0 Å². The molecule has 0 amide bonds. The summed E-state index contributed by atoms with van der Waals surface area (Å²) in [6.07, 6.45) is 0. The van der Waals surface area contributed by atoms with Crippen molar-refractivity contribution < 1.29 is 0 Å². The second-order valence-electron chi connectivity index (χ2n) is 1.36. The number of aromatic amines is 1. The molecule has 0 spiro atoms. The van der Waals surface area contributed by atoms with E-state index in [-0.39, 0.29) is 5.56 Å². The van der Waals surface area contributed by atoms with Gasteiger partial charge in [-0.2, -0.15) is 0 Å². The minimum Gasteiger partial charge on any atom is -0.301 e. The van der Waals surface area contributed by atoms with Gasteiger partial charge in [-0.15, -0.1) is 0 Å². The van der Waals surface area contributed by atoms with Gasteiger partial charge in [0.05, 0.1) is 0 Å².